The van der Waals surface area contributed by atoms with Crippen molar-refractivity contribution in [1.82, 2.24) is 20.5 Å². The number of amides is 1. The SMILES string of the molecule is CC(C)(C)c1nc(C(=O)NCC(F)(F)C(F)F)n[nH]1. The number of carbonyl (C=O) groups excluding carboxylic acids is 1. The average Bonchev–Trinajstić information content (AvgIpc) is 2.74. The van der Waals surface area contributed by atoms with E-state index in [4.69, 9.17) is 0 Å². The number of hydrogen-bond acceptors (Lipinski definition) is 3. The fourth-order valence-electron chi connectivity index (χ4n) is 1.05. The number of carbonyl (C=O) groups is 1. The van der Waals surface area contributed by atoms with Crippen molar-refractivity contribution in [2.75, 3.05) is 6.54 Å². The molecule has 1 rings (SSSR count). The number of aromatic amines is 1. The van der Waals surface area contributed by atoms with E-state index in [2.05, 4.69) is 15.2 Å². The van der Waals surface area contributed by atoms with E-state index in [1.54, 1.807) is 26.1 Å². The zero-order valence-corrected chi connectivity index (χ0v) is 10.6. The van der Waals surface area contributed by atoms with Gasteiger partial charge in [-0.1, -0.05) is 20.8 Å². The number of nitrogens with zero attached hydrogens (tertiary/aromatic N) is 2. The van der Waals surface area contributed by atoms with Crippen LogP contribution in [0, 0.1) is 0 Å². The van der Waals surface area contributed by atoms with Crippen LogP contribution in [0.4, 0.5) is 17.6 Å². The summed E-state index contributed by atoms with van der Waals surface area (Å²) in [6, 6.07) is 0. The number of alkyl halides is 4. The molecule has 0 unspecified atom stereocenters. The van der Waals surface area contributed by atoms with Gasteiger partial charge >= 0.3 is 12.3 Å². The third-order valence-electron chi connectivity index (χ3n) is 2.20. The summed E-state index contributed by atoms with van der Waals surface area (Å²) < 4.78 is 49.0. The summed E-state index contributed by atoms with van der Waals surface area (Å²) in [6.07, 6.45) is -3.84. The molecule has 1 amide bonds. The molecule has 9 heteroatoms. The van der Waals surface area contributed by atoms with E-state index in [0.717, 1.165) is 0 Å². The monoisotopic (exact) mass is 282 g/mol. The standard InChI is InChI=1S/C10H14F4N4O/c1-9(2,3)8-16-5(17-18-8)6(19)15-4-10(13,14)7(11)12/h7H,4H2,1-3H3,(H,15,19)(H,16,17,18). The summed E-state index contributed by atoms with van der Waals surface area (Å²) in [7, 11) is 0. The van der Waals surface area contributed by atoms with E-state index >= 15 is 0 Å². The lowest BCUT2D eigenvalue weighted by atomic mass is 9.96. The van der Waals surface area contributed by atoms with Crippen LogP contribution >= 0.6 is 0 Å². The molecule has 0 saturated heterocycles. The lowest BCUT2D eigenvalue weighted by Gasteiger charge is -2.15. The molecule has 108 valence electrons. The molecule has 1 aromatic rings. The Hall–Kier alpha value is -1.67. The van der Waals surface area contributed by atoms with Crippen molar-refractivity contribution in [2.24, 2.45) is 0 Å². The highest BCUT2D eigenvalue weighted by Crippen LogP contribution is 2.21. The molecule has 0 aliphatic carbocycles. The molecule has 19 heavy (non-hydrogen) atoms. The highest BCUT2D eigenvalue weighted by Gasteiger charge is 2.41. The molecule has 2 N–H and O–H groups in total. The first-order chi connectivity index (χ1) is 8.54. The topological polar surface area (TPSA) is 70.7 Å². The lowest BCUT2D eigenvalue weighted by molar-refractivity contribution is -0.123. The van der Waals surface area contributed by atoms with Crippen LogP contribution in [0.3, 0.4) is 0 Å². The van der Waals surface area contributed by atoms with Gasteiger partial charge in [0.1, 0.15) is 5.82 Å². The van der Waals surface area contributed by atoms with Gasteiger partial charge in [-0.15, -0.1) is 5.10 Å². The summed E-state index contributed by atoms with van der Waals surface area (Å²) in [6.45, 7) is 3.95. The highest BCUT2D eigenvalue weighted by atomic mass is 19.3. The zero-order valence-electron chi connectivity index (χ0n) is 10.6. The molecule has 0 saturated carbocycles. The van der Waals surface area contributed by atoms with Crippen molar-refractivity contribution in [2.45, 2.75) is 38.5 Å². The average molecular weight is 282 g/mol. The molecule has 0 bridgehead atoms. The Morgan fingerprint density at radius 2 is 1.95 bits per heavy atom. The molecule has 0 aliphatic heterocycles. The van der Waals surface area contributed by atoms with E-state index in [0.29, 0.717) is 5.82 Å². The Balaban J connectivity index is 2.67. The molecule has 0 spiro atoms. The maximum atomic E-state index is 12.6. The molecule has 0 fully saturated rings. The van der Waals surface area contributed by atoms with Crippen molar-refractivity contribution in [3.63, 3.8) is 0 Å². The maximum Gasteiger partial charge on any atom is 0.324 e. The second-order valence-corrected chi connectivity index (χ2v) is 5.00. The molecule has 5 nitrogen and oxygen atoms in total. The Labute approximate surface area is 106 Å². The van der Waals surface area contributed by atoms with Crippen LogP contribution in [0.5, 0.6) is 0 Å². The Kier molecular flexibility index (Phi) is 4.16. The Morgan fingerprint density at radius 3 is 2.37 bits per heavy atom. The minimum absolute atomic E-state index is 0.366. The molecule has 1 aromatic heterocycles. The predicted octanol–water partition coefficient (Wildman–Crippen LogP) is 1.73. The zero-order chi connectivity index (χ0) is 14.8. The minimum atomic E-state index is -4.28. The summed E-state index contributed by atoms with van der Waals surface area (Å²) in [5.41, 5.74) is -0.404. The number of rotatable bonds is 4. The second kappa shape index (κ2) is 5.14. The lowest BCUT2D eigenvalue weighted by Crippen LogP contribution is -2.41. The number of H-pyrrole nitrogens is 1. The van der Waals surface area contributed by atoms with Gasteiger partial charge in [-0.05, 0) is 0 Å². The van der Waals surface area contributed by atoms with E-state index in [-0.39, 0.29) is 5.82 Å². The van der Waals surface area contributed by atoms with Crippen LogP contribution in [0.1, 0.15) is 37.2 Å². The summed E-state index contributed by atoms with van der Waals surface area (Å²) in [5, 5.41) is 7.71. The van der Waals surface area contributed by atoms with Crippen LogP contribution < -0.4 is 5.32 Å². The van der Waals surface area contributed by atoms with E-state index in [1.165, 1.54) is 0 Å². The van der Waals surface area contributed by atoms with Crippen LogP contribution in [-0.2, 0) is 5.41 Å². The summed E-state index contributed by atoms with van der Waals surface area (Å²) in [4.78, 5) is 15.2. The van der Waals surface area contributed by atoms with Gasteiger partial charge in [0.15, 0.2) is 0 Å². The molecule has 0 atom stereocenters. The van der Waals surface area contributed by atoms with Gasteiger partial charge in [0, 0.05) is 5.41 Å². The van der Waals surface area contributed by atoms with Crippen LogP contribution in [0.15, 0.2) is 0 Å². The van der Waals surface area contributed by atoms with E-state index < -0.39 is 30.2 Å². The predicted molar refractivity (Wildman–Crippen MR) is 58.4 cm³/mol. The van der Waals surface area contributed by atoms with Gasteiger partial charge in [0.2, 0.25) is 5.82 Å². The van der Waals surface area contributed by atoms with Crippen molar-refractivity contribution >= 4 is 5.91 Å². The van der Waals surface area contributed by atoms with Gasteiger partial charge in [-0.2, -0.15) is 8.78 Å². The molecule has 0 aliphatic rings. The smallest absolute Gasteiger partial charge is 0.324 e. The summed E-state index contributed by atoms with van der Waals surface area (Å²) >= 11 is 0. The van der Waals surface area contributed by atoms with Crippen molar-refractivity contribution in [3.05, 3.63) is 11.6 Å². The van der Waals surface area contributed by atoms with Gasteiger partial charge in [0.05, 0.1) is 6.54 Å². The summed E-state index contributed by atoms with van der Waals surface area (Å²) in [5.74, 6) is -5.29. The third-order valence-corrected chi connectivity index (χ3v) is 2.20. The molecular weight excluding hydrogens is 268 g/mol. The molecule has 0 radical (unpaired) electrons. The maximum absolute atomic E-state index is 12.6. The van der Waals surface area contributed by atoms with Crippen molar-refractivity contribution < 1.29 is 22.4 Å². The van der Waals surface area contributed by atoms with E-state index in [1.807, 2.05) is 0 Å². The molecular formula is C10H14F4N4O. The fraction of sp³-hybridized carbons (Fsp3) is 0.700. The van der Waals surface area contributed by atoms with Gasteiger partial charge in [0.25, 0.3) is 5.91 Å². The first-order valence-electron chi connectivity index (χ1n) is 5.41. The Bertz CT molecular complexity index is 453. The fourth-order valence-corrected chi connectivity index (χ4v) is 1.05. The Morgan fingerprint density at radius 1 is 1.37 bits per heavy atom. The van der Waals surface area contributed by atoms with Gasteiger partial charge < -0.3 is 5.32 Å². The first kappa shape index (κ1) is 15.4. The van der Waals surface area contributed by atoms with Crippen LogP contribution in [0.2, 0.25) is 0 Å². The molecule has 1 heterocycles. The van der Waals surface area contributed by atoms with Crippen LogP contribution in [-0.4, -0.2) is 40.0 Å². The third kappa shape index (κ3) is 3.90. The first-order valence-corrected chi connectivity index (χ1v) is 5.41. The second-order valence-electron chi connectivity index (χ2n) is 5.00. The normalized spacial score (nSPS) is 12.8. The largest absolute Gasteiger partial charge is 0.343 e. The van der Waals surface area contributed by atoms with Crippen LogP contribution in [0.25, 0.3) is 0 Å². The van der Waals surface area contributed by atoms with Gasteiger partial charge in [-0.25, -0.2) is 13.8 Å². The number of hydrogen-bond donors (Lipinski definition) is 2. The number of nitrogens with one attached hydrogen (secondary N) is 2. The molecule has 0 aromatic carbocycles. The van der Waals surface area contributed by atoms with Gasteiger partial charge in [-0.3, -0.25) is 9.89 Å². The number of aromatic nitrogens is 3. The number of halogens is 4. The van der Waals surface area contributed by atoms with E-state index in [9.17, 15) is 22.4 Å². The van der Waals surface area contributed by atoms with Crippen molar-refractivity contribution in [1.29, 1.82) is 0 Å². The quantitative estimate of drug-likeness (QED) is 0.826. The highest BCUT2D eigenvalue weighted by molar-refractivity contribution is 5.90. The van der Waals surface area contributed by atoms with Crippen molar-refractivity contribution in [3.8, 4) is 0 Å². The minimum Gasteiger partial charge on any atom is -0.343 e.